The van der Waals surface area contributed by atoms with Crippen LogP contribution in [0.4, 0.5) is 16.2 Å². The Morgan fingerprint density at radius 2 is 1.76 bits per heavy atom. The number of hydrogen-bond donors (Lipinski definition) is 4. The monoisotopic (exact) mass is 470 g/mol. The molecule has 2 aromatic carbocycles. The second kappa shape index (κ2) is 12.6. The van der Waals surface area contributed by atoms with Crippen molar-refractivity contribution in [3.8, 4) is 5.75 Å². The predicted molar refractivity (Wildman–Crippen MR) is 132 cm³/mol. The predicted octanol–water partition coefficient (Wildman–Crippen LogP) is 3.84. The molecule has 2 atom stereocenters. The number of carboxylic acid groups (broad SMARTS) is 1. The van der Waals surface area contributed by atoms with Crippen LogP contribution in [0.25, 0.3) is 0 Å². The van der Waals surface area contributed by atoms with Gasteiger partial charge in [0.1, 0.15) is 5.75 Å². The molecule has 0 saturated heterocycles. The van der Waals surface area contributed by atoms with Gasteiger partial charge in [0.15, 0.2) is 0 Å². The van der Waals surface area contributed by atoms with Gasteiger partial charge in [-0.15, -0.1) is 0 Å². The smallest absolute Gasteiger partial charge is 0.323 e. The summed E-state index contributed by atoms with van der Waals surface area (Å²) in [4.78, 5) is 37.9. The molecule has 0 aliphatic rings. The Labute approximate surface area is 200 Å². The lowest BCUT2D eigenvalue weighted by atomic mass is 10.1. The highest BCUT2D eigenvalue weighted by Gasteiger charge is 2.22. The zero-order valence-electron chi connectivity index (χ0n) is 20.3. The lowest BCUT2D eigenvalue weighted by molar-refractivity contribution is -0.138. The number of amides is 3. The van der Waals surface area contributed by atoms with Gasteiger partial charge in [-0.3, -0.25) is 14.5 Å². The molecule has 0 aliphatic heterocycles. The number of nitrogens with one attached hydrogen (secondary N) is 3. The molecule has 3 amide bonds. The number of aryl methyl sites for hydroxylation is 1. The topological polar surface area (TPSA) is 120 Å². The summed E-state index contributed by atoms with van der Waals surface area (Å²) in [7, 11) is 3.29. The summed E-state index contributed by atoms with van der Waals surface area (Å²) >= 11 is 0. The number of anilines is 2. The van der Waals surface area contributed by atoms with E-state index in [2.05, 4.69) is 16.0 Å². The van der Waals surface area contributed by atoms with Gasteiger partial charge in [-0.05, 0) is 56.6 Å². The Hall–Kier alpha value is -3.59. The van der Waals surface area contributed by atoms with Gasteiger partial charge in [-0.1, -0.05) is 31.2 Å². The molecular formula is C25H34N4O5. The van der Waals surface area contributed by atoms with Crippen LogP contribution in [0, 0.1) is 6.92 Å². The third kappa shape index (κ3) is 7.77. The summed E-state index contributed by atoms with van der Waals surface area (Å²) in [5, 5.41) is 17.6. The van der Waals surface area contributed by atoms with Crippen LogP contribution >= 0.6 is 0 Å². The van der Waals surface area contributed by atoms with Crippen molar-refractivity contribution in [3.05, 3.63) is 53.6 Å². The summed E-state index contributed by atoms with van der Waals surface area (Å²) < 4.78 is 5.41. The molecule has 0 aromatic heterocycles. The molecule has 4 N–H and O–H groups in total. The van der Waals surface area contributed by atoms with Crippen LogP contribution in [0.1, 0.15) is 37.8 Å². The molecule has 0 fully saturated rings. The SMILES string of the molecule is CCC(NC(=O)Cc1ccc(NC(=O)Nc2ccccc2C)c(OC)c1)N(C)C(C)CC(=O)O. The normalized spacial score (nSPS) is 12.5. The molecular weight excluding hydrogens is 436 g/mol. The van der Waals surface area contributed by atoms with Crippen molar-refractivity contribution < 1.29 is 24.2 Å². The van der Waals surface area contributed by atoms with E-state index < -0.39 is 12.0 Å². The fourth-order valence-electron chi connectivity index (χ4n) is 3.56. The summed E-state index contributed by atoms with van der Waals surface area (Å²) in [6.45, 7) is 5.65. The van der Waals surface area contributed by atoms with Crippen LogP contribution in [0.2, 0.25) is 0 Å². The molecule has 9 nitrogen and oxygen atoms in total. The molecule has 2 unspecified atom stereocenters. The molecule has 34 heavy (non-hydrogen) atoms. The zero-order chi connectivity index (χ0) is 25.3. The molecule has 0 heterocycles. The number of hydrogen-bond acceptors (Lipinski definition) is 5. The van der Waals surface area contributed by atoms with Crippen molar-refractivity contribution in [3.63, 3.8) is 0 Å². The van der Waals surface area contributed by atoms with Gasteiger partial charge in [0.2, 0.25) is 5.91 Å². The van der Waals surface area contributed by atoms with E-state index in [-0.39, 0.29) is 31.0 Å². The third-order valence-electron chi connectivity index (χ3n) is 5.64. The summed E-state index contributed by atoms with van der Waals surface area (Å²) in [5.41, 5.74) is 2.85. The molecule has 0 bridgehead atoms. The van der Waals surface area contributed by atoms with Gasteiger partial charge in [0.25, 0.3) is 0 Å². The number of ether oxygens (including phenoxy) is 1. The fraction of sp³-hybridized carbons (Fsp3) is 0.400. The zero-order valence-corrected chi connectivity index (χ0v) is 20.3. The first kappa shape index (κ1) is 26.7. The average molecular weight is 471 g/mol. The van der Waals surface area contributed by atoms with Crippen molar-refractivity contribution in [1.29, 1.82) is 0 Å². The number of carbonyl (C=O) groups is 3. The maximum Gasteiger partial charge on any atom is 0.323 e. The molecule has 2 rings (SSSR count). The molecule has 2 aromatic rings. The van der Waals surface area contributed by atoms with Gasteiger partial charge < -0.3 is 25.8 Å². The van der Waals surface area contributed by atoms with Gasteiger partial charge in [0, 0.05) is 11.7 Å². The minimum absolute atomic E-state index is 0.00799. The van der Waals surface area contributed by atoms with Crippen LogP contribution in [0.3, 0.4) is 0 Å². The summed E-state index contributed by atoms with van der Waals surface area (Å²) in [5.74, 6) is -0.639. The van der Waals surface area contributed by atoms with Crippen LogP contribution in [-0.4, -0.2) is 54.3 Å². The summed E-state index contributed by atoms with van der Waals surface area (Å²) in [6, 6.07) is 12.0. The second-order valence-corrected chi connectivity index (χ2v) is 8.21. The van der Waals surface area contributed by atoms with E-state index >= 15 is 0 Å². The lowest BCUT2D eigenvalue weighted by Crippen LogP contribution is -2.50. The number of methoxy groups -OCH3 is 1. The Bertz CT molecular complexity index is 1010. The third-order valence-corrected chi connectivity index (χ3v) is 5.64. The first-order valence-electron chi connectivity index (χ1n) is 11.2. The number of para-hydroxylation sites is 1. The number of carbonyl (C=O) groups excluding carboxylic acids is 2. The number of nitrogens with zero attached hydrogens (tertiary/aromatic N) is 1. The van der Waals surface area contributed by atoms with E-state index in [1.54, 1.807) is 25.2 Å². The van der Waals surface area contributed by atoms with Crippen LogP contribution in [0.15, 0.2) is 42.5 Å². The fourth-order valence-corrected chi connectivity index (χ4v) is 3.56. The molecule has 0 radical (unpaired) electrons. The van der Waals surface area contributed by atoms with Gasteiger partial charge in [0.05, 0.1) is 31.8 Å². The second-order valence-electron chi connectivity index (χ2n) is 8.21. The number of benzene rings is 2. The Balaban J connectivity index is 2.01. The number of aliphatic carboxylic acids is 1. The van der Waals surface area contributed by atoms with Crippen LogP contribution in [0.5, 0.6) is 5.75 Å². The van der Waals surface area contributed by atoms with Crippen LogP contribution < -0.4 is 20.7 Å². The van der Waals surface area contributed by atoms with Crippen molar-refractivity contribution in [2.24, 2.45) is 0 Å². The van der Waals surface area contributed by atoms with E-state index in [1.165, 1.54) is 7.11 Å². The van der Waals surface area contributed by atoms with Crippen molar-refractivity contribution in [2.75, 3.05) is 24.8 Å². The molecule has 184 valence electrons. The molecule has 0 spiro atoms. The average Bonchev–Trinajstić information content (AvgIpc) is 2.79. The summed E-state index contributed by atoms with van der Waals surface area (Å²) in [6.07, 6.45) is 0.458. The van der Waals surface area contributed by atoms with Crippen molar-refractivity contribution in [2.45, 2.75) is 52.2 Å². The minimum Gasteiger partial charge on any atom is -0.495 e. The van der Waals surface area contributed by atoms with Crippen molar-refractivity contribution >= 4 is 29.3 Å². The Kier molecular flexibility index (Phi) is 9.88. The highest BCUT2D eigenvalue weighted by Crippen LogP contribution is 2.26. The largest absolute Gasteiger partial charge is 0.495 e. The number of carboxylic acids is 1. The standard InChI is InChI=1S/C25H34N4O5/c1-6-22(29(4)17(3)13-24(31)32)28-23(30)15-18-11-12-20(21(14-18)34-5)27-25(33)26-19-10-8-7-9-16(19)2/h7-12,14,17,22H,6,13,15H2,1-5H3,(H,28,30)(H,31,32)(H2,26,27,33). The molecule has 0 saturated carbocycles. The Morgan fingerprint density at radius 1 is 1.09 bits per heavy atom. The van der Waals surface area contributed by atoms with Gasteiger partial charge in [-0.25, -0.2) is 4.79 Å². The first-order valence-corrected chi connectivity index (χ1v) is 11.2. The number of urea groups is 1. The number of rotatable bonds is 11. The molecule has 9 heteroatoms. The van der Waals surface area contributed by atoms with Gasteiger partial charge in [-0.2, -0.15) is 0 Å². The Morgan fingerprint density at radius 3 is 2.38 bits per heavy atom. The van der Waals surface area contributed by atoms with E-state index in [0.29, 0.717) is 23.5 Å². The van der Waals surface area contributed by atoms with E-state index in [1.807, 2.05) is 49.9 Å². The molecule has 0 aliphatic carbocycles. The highest BCUT2D eigenvalue weighted by molar-refractivity contribution is 6.01. The van der Waals surface area contributed by atoms with Gasteiger partial charge >= 0.3 is 12.0 Å². The first-order chi connectivity index (χ1) is 16.1. The maximum atomic E-state index is 12.7. The lowest BCUT2D eigenvalue weighted by Gasteiger charge is -2.32. The maximum absolute atomic E-state index is 12.7. The van der Waals surface area contributed by atoms with E-state index in [9.17, 15) is 14.4 Å². The van der Waals surface area contributed by atoms with Crippen LogP contribution in [-0.2, 0) is 16.0 Å². The van der Waals surface area contributed by atoms with Crippen molar-refractivity contribution in [1.82, 2.24) is 10.2 Å². The van der Waals surface area contributed by atoms with E-state index in [4.69, 9.17) is 9.84 Å². The highest BCUT2D eigenvalue weighted by atomic mass is 16.5. The quantitative estimate of drug-likeness (QED) is 0.371. The van der Waals surface area contributed by atoms with E-state index in [0.717, 1.165) is 11.1 Å². The minimum atomic E-state index is -0.881.